The second-order valence-electron chi connectivity index (χ2n) is 6.27. The molecule has 0 aliphatic rings. The highest BCUT2D eigenvalue weighted by Gasteiger charge is 2.20. The van der Waals surface area contributed by atoms with Gasteiger partial charge in [0, 0.05) is 13.2 Å². The van der Waals surface area contributed by atoms with Gasteiger partial charge in [0.05, 0.1) is 12.0 Å². The van der Waals surface area contributed by atoms with E-state index < -0.39 is 11.5 Å². The van der Waals surface area contributed by atoms with Crippen molar-refractivity contribution in [2.24, 2.45) is 5.41 Å². The van der Waals surface area contributed by atoms with Gasteiger partial charge in [-0.15, -0.1) is 0 Å². The molecule has 0 saturated heterocycles. The first kappa shape index (κ1) is 17.0. The van der Waals surface area contributed by atoms with Crippen molar-refractivity contribution in [1.29, 1.82) is 0 Å². The average Bonchev–Trinajstić information content (AvgIpc) is 3.05. The average molecular weight is 318 g/mol. The first-order chi connectivity index (χ1) is 10.9. The van der Waals surface area contributed by atoms with Crippen LogP contribution in [0.1, 0.15) is 37.0 Å². The minimum atomic E-state index is -0.454. The van der Waals surface area contributed by atoms with Crippen molar-refractivity contribution in [3.8, 4) is 11.5 Å². The number of amides is 1. The smallest absolute Gasteiger partial charge is 0.261 e. The van der Waals surface area contributed by atoms with E-state index in [0.29, 0.717) is 24.4 Å². The van der Waals surface area contributed by atoms with Crippen molar-refractivity contribution in [2.75, 3.05) is 13.2 Å². The number of nitrogens with one attached hydrogen (secondary N) is 2. The van der Waals surface area contributed by atoms with Crippen LogP contribution in [0.3, 0.4) is 0 Å². The molecule has 6 heteroatoms. The van der Waals surface area contributed by atoms with Crippen LogP contribution in [0, 0.1) is 5.41 Å². The molecule has 0 saturated carbocycles. The summed E-state index contributed by atoms with van der Waals surface area (Å²) in [7, 11) is 0. The fourth-order valence-corrected chi connectivity index (χ4v) is 2.29. The second kappa shape index (κ2) is 7.28. The van der Waals surface area contributed by atoms with Crippen molar-refractivity contribution < 1.29 is 14.3 Å². The van der Waals surface area contributed by atoms with Crippen molar-refractivity contribution in [3.63, 3.8) is 0 Å². The topological polar surface area (TPSA) is 95.3 Å². The molecule has 2 rings (SSSR count). The summed E-state index contributed by atoms with van der Waals surface area (Å²) in [5, 5.41) is 11.7. The molecular formula is C17H22N2O4. The van der Waals surface area contributed by atoms with E-state index in [1.807, 2.05) is 13.8 Å². The number of aliphatic hydroxyl groups excluding tert-OH is 1. The molecule has 0 unspecified atom stereocenters. The van der Waals surface area contributed by atoms with Crippen molar-refractivity contribution >= 4 is 5.91 Å². The third kappa shape index (κ3) is 4.56. The van der Waals surface area contributed by atoms with Crippen LogP contribution in [0.2, 0.25) is 0 Å². The molecule has 0 fully saturated rings. The third-order valence-corrected chi connectivity index (χ3v) is 3.68. The van der Waals surface area contributed by atoms with Gasteiger partial charge in [0.15, 0.2) is 0 Å². The van der Waals surface area contributed by atoms with Crippen LogP contribution in [0.25, 0.3) is 11.5 Å². The molecule has 2 aromatic heterocycles. The summed E-state index contributed by atoms with van der Waals surface area (Å²) in [6, 6.07) is 6.59. The Balaban J connectivity index is 2.04. The lowest BCUT2D eigenvalue weighted by molar-refractivity contribution is 0.0931. The number of aromatic nitrogens is 1. The monoisotopic (exact) mass is 318 g/mol. The van der Waals surface area contributed by atoms with E-state index in [1.54, 1.807) is 18.2 Å². The summed E-state index contributed by atoms with van der Waals surface area (Å²) in [4.78, 5) is 26.9. The zero-order valence-corrected chi connectivity index (χ0v) is 13.4. The van der Waals surface area contributed by atoms with Crippen LogP contribution in [-0.4, -0.2) is 29.1 Å². The predicted octanol–water partition coefficient (Wildman–Crippen LogP) is 2.16. The third-order valence-electron chi connectivity index (χ3n) is 3.68. The standard InChI is InChI=1S/C17H22N2O4/c1-17(2,8-4-9-20)11-18-15(21)12-6-7-13(19-16(12)22)14-5-3-10-23-14/h3,5-7,10,20H,4,8-9,11H2,1-2H3,(H,18,21)(H,19,22). The number of carbonyl (C=O) groups excluding carboxylic acids is 1. The number of H-pyrrole nitrogens is 1. The molecule has 0 aliphatic heterocycles. The van der Waals surface area contributed by atoms with Crippen molar-refractivity contribution in [3.05, 3.63) is 46.4 Å². The van der Waals surface area contributed by atoms with E-state index in [-0.39, 0.29) is 17.6 Å². The maximum absolute atomic E-state index is 12.2. The predicted molar refractivity (Wildman–Crippen MR) is 87.2 cm³/mol. The van der Waals surface area contributed by atoms with Gasteiger partial charge in [-0.1, -0.05) is 13.8 Å². The van der Waals surface area contributed by atoms with Gasteiger partial charge in [-0.05, 0) is 42.5 Å². The van der Waals surface area contributed by atoms with Gasteiger partial charge in [0.2, 0.25) is 0 Å². The van der Waals surface area contributed by atoms with Gasteiger partial charge in [-0.2, -0.15) is 0 Å². The molecule has 0 spiro atoms. The Morgan fingerprint density at radius 1 is 1.35 bits per heavy atom. The Hall–Kier alpha value is -2.34. The molecular weight excluding hydrogens is 296 g/mol. The van der Waals surface area contributed by atoms with Gasteiger partial charge in [0.25, 0.3) is 11.5 Å². The number of aromatic amines is 1. The Morgan fingerprint density at radius 3 is 2.74 bits per heavy atom. The molecule has 0 atom stereocenters. The summed E-state index contributed by atoms with van der Waals surface area (Å²) in [6.07, 6.45) is 2.99. The maximum Gasteiger partial charge on any atom is 0.261 e. The Bertz CT molecular complexity index is 702. The molecule has 0 bridgehead atoms. The first-order valence-electron chi connectivity index (χ1n) is 7.59. The van der Waals surface area contributed by atoms with Crippen LogP contribution in [0.5, 0.6) is 0 Å². The number of furan rings is 1. The van der Waals surface area contributed by atoms with E-state index in [1.165, 1.54) is 12.3 Å². The van der Waals surface area contributed by atoms with Crippen molar-refractivity contribution in [1.82, 2.24) is 10.3 Å². The normalized spacial score (nSPS) is 11.4. The number of aliphatic hydroxyl groups is 1. The number of hydrogen-bond acceptors (Lipinski definition) is 4. The summed E-state index contributed by atoms with van der Waals surface area (Å²) < 4.78 is 5.21. The van der Waals surface area contributed by atoms with E-state index in [0.717, 1.165) is 6.42 Å². The molecule has 0 radical (unpaired) electrons. The van der Waals surface area contributed by atoms with Gasteiger partial charge in [-0.25, -0.2) is 0 Å². The highest BCUT2D eigenvalue weighted by molar-refractivity contribution is 5.94. The quantitative estimate of drug-likeness (QED) is 0.729. The van der Waals surface area contributed by atoms with E-state index in [4.69, 9.17) is 9.52 Å². The van der Waals surface area contributed by atoms with Crippen LogP contribution in [0.15, 0.2) is 39.7 Å². The molecule has 2 aromatic rings. The fraction of sp³-hybridized carbons (Fsp3) is 0.412. The SMILES string of the molecule is CC(C)(CCCO)CNC(=O)c1ccc(-c2ccco2)[nH]c1=O. The minimum absolute atomic E-state index is 0.0678. The largest absolute Gasteiger partial charge is 0.463 e. The minimum Gasteiger partial charge on any atom is -0.463 e. The lowest BCUT2D eigenvalue weighted by atomic mass is 9.88. The Labute approximate surface area is 134 Å². The Kier molecular flexibility index (Phi) is 5.39. The zero-order valence-electron chi connectivity index (χ0n) is 13.4. The van der Waals surface area contributed by atoms with Crippen LogP contribution in [-0.2, 0) is 0 Å². The molecule has 3 N–H and O–H groups in total. The van der Waals surface area contributed by atoms with Gasteiger partial charge in [-0.3, -0.25) is 9.59 Å². The summed E-state index contributed by atoms with van der Waals surface area (Å²) in [5.74, 6) is 0.133. The molecule has 0 aliphatic carbocycles. The summed E-state index contributed by atoms with van der Waals surface area (Å²) in [5.41, 5.74) is 0.00172. The van der Waals surface area contributed by atoms with Gasteiger partial charge >= 0.3 is 0 Å². The highest BCUT2D eigenvalue weighted by atomic mass is 16.3. The molecule has 1 amide bonds. The number of rotatable bonds is 7. The number of hydrogen-bond donors (Lipinski definition) is 3. The molecule has 6 nitrogen and oxygen atoms in total. The number of pyridine rings is 1. The van der Waals surface area contributed by atoms with Crippen LogP contribution in [0.4, 0.5) is 0 Å². The second-order valence-corrected chi connectivity index (χ2v) is 6.27. The summed E-state index contributed by atoms with van der Waals surface area (Å²) in [6.45, 7) is 4.58. The lowest BCUT2D eigenvalue weighted by Crippen LogP contribution is -2.36. The van der Waals surface area contributed by atoms with Crippen molar-refractivity contribution in [2.45, 2.75) is 26.7 Å². The fourth-order valence-electron chi connectivity index (χ4n) is 2.29. The maximum atomic E-state index is 12.2. The number of carbonyl (C=O) groups is 1. The summed E-state index contributed by atoms with van der Waals surface area (Å²) >= 11 is 0. The molecule has 2 heterocycles. The highest BCUT2D eigenvalue weighted by Crippen LogP contribution is 2.21. The molecule has 23 heavy (non-hydrogen) atoms. The zero-order chi connectivity index (χ0) is 16.9. The first-order valence-corrected chi connectivity index (χ1v) is 7.59. The molecule has 0 aromatic carbocycles. The van der Waals surface area contributed by atoms with Gasteiger partial charge in [0.1, 0.15) is 11.3 Å². The van der Waals surface area contributed by atoms with Gasteiger partial charge < -0.3 is 19.8 Å². The van der Waals surface area contributed by atoms with E-state index in [2.05, 4.69) is 10.3 Å². The van der Waals surface area contributed by atoms with E-state index in [9.17, 15) is 9.59 Å². The Morgan fingerprint density at radius 2 is 2.13 bits per heavy atom. The van der Waals surface area contributed by atoms with Crippen LogP contribution < -0.4 is 10.9 Å². The van der Waals surface area contributed by atoms with Crippen LogP contribution >= 0.6 is 0 Å². The molecule has 124 valence electrons. The lowest BCUT2D eigenvalue weighted by Gasteiger charge is -2.24. The van der Waals surface area contributed by atoms with E-state index >= 15 is 0 Å².